The first-order valence-electron chi connectivity index (χ1n) is 12.5. The van der Waals surface area contributed by atoms with Crippen LogP contribution in [0.15, 0.2) is 115 Å². The van der Waals surface area contributed by atoms with E-state index in [9.17, 15) is 0 Å². The topological polar surface area (TPSA) is 4.93 Å². The smallest absolute Gasteiger partial charge is 0.0534 e. The number of fused-ring (bicyclic) bond motifs is 3. The molecule has 0 bridgehead atoms. The number of nitrogens with zero attached hydrogens (tertiary/aromatic N) is 1. The number of hydrogen-bond donors (Lipinski definition) is 0. The van der Waals surface area contributed by atoms with E-state index in [2.05, 4.69) is 133 Å². The molecule has 0 atom stereocenters. The predicted molar refractivity (Wildman–Crippen MR) is 149 cm³/mol. The van der Waals surface area contributed by atoms with E-state index in [-0.39, 0.29) is 0 Å². The third-order valence-corrected chi connectivity index (χ3v) is 7.05. The van der Waals surface area contributed by atoms with Crippen molar-refractivity contribution in [3.8, 4) is 5.69 Å². The van der Waals surface area contributed by atoms with Crippen LogP contribution in [0.2, 0.25) is 0 Å². The molecule has 1 aliphatic rings. The third-order valence-electron chi connectivity index (χ3n) is 7.05. The largest absolute Gasteiger partial charge is 0.313 e. The first-order valence-corrected chi connectivity index (χ1v) is 12.5. The van der Waals surface area contributed by atoms with Gasteiger partial charge in [-0.2, -0.15) is 0 Å². The molecule has 0 spiro atoms. The van der Waals surface area contributed by atoms with Gasteiger partial charge in [0.1, 0.15) is 0 Å². The van der Waals surface area contributed by atoms with Crippen LogP contribution in [-0.4, -0.2) is 4.57 Å². The van der Waals surface area contributed by atoms with Crippen molar-refractivity contribution < 1.29 is 0 Å². The van der Waals surface area contributed by atoms with Crippen molar-refractivity contribution in [3.63, 3.8) is 0 Å². The van der Waals surface area contributed by atoms with Gasteiger partial charge in [-0.25, -0.2) is 0 Å². The Hall–Kier alpha value is -4.10. The summed E-state index contributed by atoms with van der Waals surface area (Å²) in [5, 5.41) is 1.43. The molecular weight excluding hydrogens is 422 g/mol. The molecule has 0 radical (unpaired) electrons. The lowest BCUT2D eigenvalue weighted by Crippen LogP contribution is -1.98. The molecule has 0 saturated heterocycles. The molecule has 0 amide bonds. The van der Waals surface area contributed by atoms with E-state index in [1.54, 1.807) is 5.56 Å². The molecule has 35 heavy (non-hydrogen) atoms. The summed E-state index contributed by atoms with van der Waals surface area (Å²) in [5.74, 6) is 0. The van der Waals surface area contributed by atoms with E-state index >= 15 is 0 Å². The second-order valence-corrected chi connectivity index (χ2v) is 9.40. The Morgan fingerprint density at radius 2 is 1.43 bits per heavy atom. The molecule has 1 heterocycles. The van der Waals surface area contributed by atoms with E-state index in [4.69, 9.17) is 0 Å². The van der Waals surface area contributed by atoms with Crippen molar-refractivity contribution in [3.05, 3.63) is 149 Å². The summed E-state index contributed by atoms with van der Waals surface area (Å²) in [6, 6.07) is 37.0. The summed E-state index contributed by atoms with van der Waals surface area (Å²) in [7, 11) is 0. The van der Waals surface area contributed by atoms with Gasteiger partial charge in [-0.1, -0.05) is 103 Å². The first kappa shape index (κ1) is 21.4. The normalized spacial score (nSPS) is 12.8. The van der Waals surface area contributed by atoms with Crippen LogP contribution in [0.3, 0.4) is 0 Å². The van der Waals surface area contributed by atoms with Gasteiger partial charge in [0, 0.05) is 16.8 Å². The van der Waals surface area contributed by atoms with Gasteiger partial charge in [0.25, 0.3) is 0 Å². The minimum Gasteiger partial charge on any atom is -0.313 e. The maximum absolute atomic E-state index is 2.48. The highest BCUT2D eigenvalue weighted by Gasteiger charge is 2.22. The number of allylic oxidation sites excluding steroid dienone is 2. The highest BCUT2D eigenvalue weighted by molar-refractivity contribution is 5.88. The molecule has 4 aromatic carbocycles. The van der Waals surface area contributed by atoms with Gasteiger partial charge in [0.05, 0.1) is 5.52 Å². The van der Waals surface area contributed by atoms with Gasteiger partial charge in [0.2, 0.25) is 0 Å². The molecule has 0 fully saturated rings. The van der Waals surface area contributed by atoms with Crippen molar-refractivity contribution in [2.45, 2.75) is 26.2 Å². The van der Waals surface area contributed by atoms with Crippen LogP contribution in [-0.2, 0) is 12.8 Å². The van der Waals surface area contributed by atoms with Crippen LogP contribution < -0.4 is 0 Å². The fourth-order valence-corrected chi connectivity index (χ4v) is 5.38. The predicted octanol–water partition coefficient (Wildman–Crippen LogP) is 8.57. The molecule has 1 aromatic heterocycles. The lowest BCUT2D eigenvalue weighted by atomic mass is 9.97. The Bertz CT molecular complexity index is 1490. The summed E-state index contributed by atoms with van der Waals surface area (Å²) >= 11 is 0. The maximum atomic E-state index is 2.48. The standard InChI is InChI=1S/C34H29N/c1-25-18-23-34-32(24-25)31-16-9-17-33(31)35(34)29-21-19-26(20-22-29)10-8-15-30(27-11-4-2-5-12-27)28-13-6-3-7-14-28/h2-8,10-15,18-24H,9,16-17H2,1H3. The van der Waals surface area contributed by atoms with Crippen molar-refractivity contribution in [1.29, 1.82) is 0 Å². The summed E-state index contributed by atoms with van der Waals surface area (Å²) in [6.45, 7) is 2.19. The Balaban J connectivity index is 1.32. The molecule has 0 saturated carbocycles. The zero-order valence-electron chi connectivity index (χ0n) is 20.1. The molecular formula is C34H29N. The SMILES string of the molecule is Cc1ccc2c(c1)c1c(n2-c2ccc(C=CC=C(c3ccccc3)c3ccccc3)cc2)CCC1. The zero-order valence-corrected chi connectivity index (χ0v) is 20.1. The van der Waals surface area contributed by atoms with Crippen LogP contribution in [0.5, 0.6) is 0 Å². The lowest BCUT2D eigenvalue weighted by Gasteiger charge is -2.10. The van der Waals surface area contributed by atoms with Crippen LogP contribution >= 0.6 is 0 Å². The second-order valence-electron chi connectivity index (χ2n) is 9.40. The molecule has 6 rings (SSSR count). The fourth-order valence-electron chi connectivity index (χ4n) is 5.38. The highest BCUT2D eigenvalue weighted by Crippen LogP contribution is 2.36. The van der Waals surface area contributed by atoms with Gasteiger partial charge in [-0.05, 0) is 78.3 Å². The Morgan fingerprint density at radius 1 is 0.743 bits per heavy atom. The number of aromatic nitrogens is 1. The Morgan fingerprint density at radius 3 is 2.11 bits per heavy atom. The number of rotatable bonds is 5. The molecule has 1 aliphatic carbocycles. The van der Waals surface area contributed by atoms with Gasteiger partial charge >= 0.3 is 0 Å². The monoisotopic (exact) mass is 451 g/mol. The zero-order chi connectivity index (χ0) is 23.6. The van der Waals surface area contributed by atoms with Gasteiger partial charge in [-0.15, -0.1) is 0 Å². The molecule has 0 N–H and O–H groups in total. The summed E-state index contributed by atoms with van der Waals surface area (Å²) in [6.07, 6.45) is 10.2. The van der Waals surface area contributed by atoms with E-state index in [0.717, 1.165) is 6.42 Å². The van der Waals surface area contributed by atoms with Crippen LogP contribution in [0, 0.1) is 6.92 Å². The summed E-state index contributed by atoms with van der Waals surface area (Å²) in [4.78, 5) is 0. The van der Waals surface area contributed by atoms with Gasteiger partial charge < -0.3 is 4.57 Å². The maximum Gasteiger partial charge on any atom is 0.0534 e. The van der Waals surface area contributed by atoms with E-state index in [1.807, 2.05) is 0 Å². The van der Waals surface area contributed by atoms with Crippen LogP contribution in [0.1, 0.15) is 39.9 Å². The van der Waals surface area contributed by atoms with Crippen molar-refractivity contribution in [1.82, 2.24) is 4.57 Å². The molecule has 1 nitrogen and oxygen atoms in total. The minimum atomic E-state index is 1.16. The summed E-state index contributed by atoms with van der Waals surface area (Å²) in [5.41, 5.74) is 11.8. The molecule has 0 aliphatic heterocycles. The molecule has 170 valence electrons. The van der Waals surface area contributed by atoms with Crippen LogP contribution in [0.25, 0.3) is 28.2 Å². The van der Waals surface area contributed by atoms with Crippen molar-refractivity contribution >= 4 is 22.6 Å². The van der Waals surface area contributed by atoms with Gasteiger partial charge in [0.15, 0.2) is 0 Å². The second kappa shape index (κ2) is 9.27. The lowest BCUT2D eigenvalue weighted by molar-refractivity contribution is 0.874. The Kier molecular flexibility index (Phi) is 5.68. The number of benzene rings is 4. The fraction of sp³-hybridized carbons (Fsp3) is 0.118. The van der Waals surface area contributed by atoms with E-state index in [0.29, 0.717) is 0 Å². The third kappa shape index (κ3) is 4.15. The summed E-state index contributed by atoms with van der Waals surface area (Å²) < 4.78 is 2.48. The average Bonchev–Trinajstić information content (AvgIpc) is 3.49. The van der Waals surface area contributed by atoms with E-state index < -0.39 is 0 Å². The van der Waals surface area contributed by atoms with Crippen LogP contribution in [0.4, 0.5) is 0 Å². The highest BCUT2D eigenvalue weighted by atomic mass is 15.0. The van der Waals surface area contributed by atoms with E-state index in [1.165, 1.54) is 63.0 Å². The average molecular weight is 452 g/mol. The molecule has 1 heteroatoms. The van der Waals surface area contributed by atoms with Crippen molar-refractivity contribution in [2.24, 2.45) is 0 Å². The quantitative estimate of drug-likeness (QED) is 0.236. The molecule has 0 unspecified atom stereocenters. The molecule has 5 aromatic rings. The van der Waals surface area contributed by atoms with Gasteiger partial charge in [-0.3, -0.25) is 0 Å². The number of aryl methyl sites for hydroxylation is 2. The van der Waals surface area contributed by atoms with Crippen molar-refractivity contribution in [2.75, 3.05) is 0 Å². The minimum absolute atomic E-state index is 1.16. The Labute approximate surface area is 207 Å². The first-order chi connectivity index (χ1) is 17.3. The number of hydrogen-bond acceptors (Lipinski definition) is 0.